The number of carbonyl (C=O) groups is 1. The van der Waals surface area contributed by atoms with Gasteiger partial charge >= 0.3 is 0 Å². The summed E-state index contributed by atoms with van der Waals surface area (Å²) in [6, 6.07) is 14.4. The molecular formula is C33H38FN7O2. The third kappa shape index (κ3) is 6.03. The first-order valence-electron chi connectivity index (χ1n) is 15.0. The van der Waals surface area contributed by atoms with Crippen LogP contribution in [0.25, 0.3) is 10.8 Å². The van der Waals surface area contributed by atoms with Crippen molar-refractivity contribution in [3.8, 4) is 0 Å². The fraction of sp³-hybridized carbons (Fsp3) is 0.394. The quantitative estimate of drug-likeness (QED) is 0.296. The Labute approximate surface area is 251 Å². The molecule has 0 bridgehead atoms. The van der Waals surface area contributed by atoms with E-state index in [0.717, 1.165) is 48.1 Å². The lowest BCUT2D eigenvalue weighted by atomic mass is 10.0. The summed E-state index contributed by atoms with van der Waals surface area (Å²) in [5.74, 6) is 1.07. The van der Waals surface area contributed by atoms with Crippen molar-refractivity contribution in [1.29, 1.82) is 0 Å². The zero-order valence-corrected chi connectivity index (χ0v) is 24.9. The van der Waals surface area contributed by atoms with Gasteiger partial charge in [-0.3, -0.25) is 9.69 Å². The highest BCUT2D eigenvalue weighted by Crippen LogP contribution is 2.32. The molecule has 0 spiro atoms. The van der Waals surface area contributed by atoms with E-state index >= 15 is 4.39 Å². The van der Waals surface area contributed by atoms with Crippen LogP contribution in [0.3, 0.4) is 0 Å². The lowest BCUT2D eigenvalue weighted by Gasteiger charge is -2.38. The molecule has 2 aromatic heterocycles. The maximum atomic E-state index is 15.8. The molecule has 2 aromatic carbocycles. The van der Waals surface area contributed by atoms with Crippen LogP contribution < -0.4 is 20.4 Å². The third-order valence-corrected chi connectivity index (χ3v) is 8.39. The third-order valence-electron chi connectivity index (χ3n) is 8.39. The average molecular weight is 584 g/mol. The van der Waals surface area contributed by atoms with Crippen molar-refractivity contribution >= 4 is 40.0 Å². The number of amides is 1. The standard InChI is InChI=1S/C33H38FN7O2/c1-21(2)28-20-43-17-16-40(28)29-12-15-37-33(39-29)38-24-9-10-26(27(34)18-24)32(42)41(25-8-5-13-35-19-25)31-30-22(3)6-4-7-23(30)11-14-36-31/h4,6-7,9-12,14-15,18,21,25,28,35H,5,8,13,16-17,19-20H2,1-3H3,(H,37,38,39)/t25-,28+/m1/s1. The number of piperidine rings is 1. The summed E-state index contributed by atoms with van der Waals surface area (Å²) in [4.78, 5) is 31.8. The van der Waals surface area contributed by atoms with E-state index in [1.165, 1.54) is 12.1 Å². The number of anilines is 4. The van der Waals surface area contributed by atoms with Gasteiger partial charge in [0, 0.05) is 36.6 Å². The molecule has 10 heteroatoms. The zero-order valence-electron chi connectivity index (χ0n) is 24.9. The van der Waals surface area contributed by atoms with Crippen LogP contribution in [-0.2, 0) is 4.74 Å². The molecule has 0 aliphatic carbocycles. The van der Waals surface area contributed by atoms with Gasteiger partial charge in [-0.15, -0.1) is 0 Å². The van der Waals surface area contributed by atoms with Crippen molar-refractivity contribution in [1.82, 2.24) is 20.3 Å². The fourth-order valence-electron chi connectivity index (χ4n) is 6.11. The molecule has 6 rings (SSSR count). The number of nitrogens with zero attached hydrogens (tertiary/aromatic N) is 5. The van der Waals surface area contributed by atoms with Crippen LogP contribution in [0.15, 0.2) is 60.9 Å². The number of hydrogen-bond donors (Lipinski definition) is 2. The topological polar surface area (TPSA) is 95.5 Å². The maximum absolute atomic E-state index is 15.8. The first-order chi connectivity index (χ1) is 20.9. The molecule has 2 fully saturated rings. The van der Waals surface area contributed by atoms with Gasteiger partial charge in [0.15, 0.2) is 0 Å². The van der Waals surface area contributed by atoms with E-state index in [1.54, 1.807) is 23.4 Å². The van der Waals surface area contributed by atoms with Gasteiger partial charge in [0.1, 0.15) is 17.5 Å². The Kier molecular flexibility index (Phi) is 8.49. The Morgan fingerprint density at radius 1 is 1.16 bits per heavy atom. The van der Waals surface area contributed by atoms with E-state index in [-0.39, 0.29) is 17.6 Å². The van der Waals surface area contributed by atoms with Gasteiger partial charge in [-0.05, 0) is 73.5 Å². The number of benzene rings is 2. The number of carbonyl (C=O) groups excluding carboxylic acids is 1. The highest BCUT2D eigenvalue weighted by molar-refractivity contribution is 6.11. The Morgan fingerprint density at radius 3 is 2.81 bits per heavy atom. The number of fused-ring (bicyclic) bond motifs is 1. The van der Waals surface area contributed by atoms with Crippen LogP contribution in [0, 0.1) is 18.7 Å². The van der Waals surface area contributed by atoms with Crippen molar-refractivity contribution in [2.24, 2.45) is 5.92 Å². The predicted molar refractivity (Wildman–Crippen MR) is 168 cm³/mol. The van der Waals surface area contributed by atoms with Crippen molar-refractivity contribution in [3.05, 3.63) is 77.9 Å². The lowest BCUT2D eigenvalue weighted by Crippen LogP contribution is -2.49. The molecule has 2 atom stereocenters. The van der Waals surface area contributed by atoms with Gasteiger partial charge in [-0.2, -0.15) is 4.98 Å². The Bertz CT molecular complexity index is 1600. The molecule has 2 aliphatic heterocycles. The van der Waals surface area contributed by atoms with Gasteiger partial charge < -0.3 is 20.3 Å². The SMILES string of the molecule is Cc1cccc2ccnc(N(C(=O)c3ccc(Nc4nccc(N5CCOC[C@H]5C(C)C)n4)cc3F)[C@@H]3CCCNC3)c12. The molecule has 4 heterocycles. The predicted octanol–water partition coefficient (Wildman–Crippen LogP) is 5.48. The average Bonchev–Trinajstić information content (AvgIpc) is 3.02. The van der Waals surface area contributed by atoms with Crippen molar-refractivity contribution in [3.63, 3.8) is 0 Å². The van der Waals surface area contributed by atoms with Crippen LogP contribution in [-0.4, -0.2) is 65.8 Å². The highest BCUT2D eigenvalue weighted by Gasteiger charge is 2.32. The van der Waals surface area contributed by atoms with Gasteiger partial charge in [-0.1, -0.05) is 32.0 Å². The number of aryl methyl sites for hydroxylation is 1. The molecule has 0 saturated carbocycles. The van der Waals surface area contributed by atoms with E-state index < -0.39 is 11.7 Å². The van der Waals surface area contributed by atoms with Crippen molar-refractivity contribution < 1.29 is 13.9 Å². The molecule has 224 valence electrons. The summed E-state index contributed by atoms with van der Waals surface area (Å²) in [6.07, 6.45) is 5.13. The maximum Gasteiger partial charge on any atom is 0.262 e. The van der Waals surface area contributed by atoms with Gasteiger partial charge in [0.25, 0.3) is 5.91 Å². The van der Waals surface area contributed by atoms with Crippen molar-refractivity contribution in [2.75, 3.05) is 48.0 Å². The summed E-state index contributed by atoms with van der Waals surface area (Å²) in [5, 5.41) is 8.41. The molecule has 9 nitrogen and oxygen atoms in total. The highest BCUT2D eigenvalue weighted by atomic mass is 19.1. The number of morpholine rings is 1. The molecule has 0 unspecified atom stereocenters. The summed E-state index contributed by atoms with van der Waals surface area (Å²) < 4.78 is 21.5. The molecular weight excluding hydrogens is 545 g/mol. The van der Waals surface area contributed by atoms with Gasteiger partial charge in [-0.25, -0.2) is 14.4 Å². The summed E-state index contributed by atoms with van der Waals surface area (Å²) in [6.45, 7) is 9.88. The number of ether oxygens (including phenoxy) is 1. The van der Waals surface area contributed by atoms with Crippen molar-refractivity contribution in [2.45, 2.75) is 45.7 Å². The zero-order chi connectivity index (χ0) is 29.9. The minimum atomic E-state index is -0.620. The first-order valence-corrected chi connectivity index (χ1v) is 15.0. The number of halogens is 1. The Morgan fingerprint density at radius 2 is 2.02 bits per heavy atom. The minimum Gasteiger partial charge on any atom is -0.377 e. The van der Waals surface area contributed by atoms with E-state index in [2.05, 4.69) is 39.3 Å². The molecule has 43 heavy (non-hydrogen) atoms. The van der Waals surface area contributed by atoms with Crippen LogP contribution in [0.5, 0.6) is 0 Å². The second-order valence-electron chi connectivity index (χ2n) is 11.6. The van der Waals surface area contributed by atoms with Crippen LogP contribution >= 0.6 is 0 Å². The summed E-state index contributed by atoms with van der Waals surface area (Å²) >= 11 is 0. The molecule has 2 N–H and O–H groups in total. The Hall–Kier alpha value is -4.15. The number of pyridine rings is 1. The van der Waals surface area contributed by atoms with Crippen LogP contribution in [0.2, 0.25) is 0 Å². The van der Waals surface area contributed by atoms with Gasteiger partial charge in [0.05, 0.1) is 30.9 Å². The normalized spacial score (nSPS) is 19.0. The summed E-state index contributed by atoms with van der Waals surface area (Å²) in [7, 11) is 0. The number of aromatic nitrogens is 3. The van der Waals surface area contributed by atoms with E-state index in [9.17, 15) is 4.79 Å². The lowest BCUT2D eigenvalue weighted by molar-refractivity contribution is 0.0802. The minimum absolute atomic E-state index is 0.00808. The molecule has 4 aromatic rings. The molecule has 2 saturated heterocycles. The van der Waals surface area contributed by atoms with E-state index in [0.29, 0.717) is 43.1 Å². The molecule has 1 amide bonds. The first kappa shape index (κ1) is 28.9. The number of rotatable bonds is 7. The fourth-order valence-corrected chi connectivity index (χ4v) is 6.11. The van der Waals surface area contributed by atoms with E-state index in [4.69, 9.17) is 9.72 Å². The monoisotopic (exact) mass is 583 g/mol. The van der Waals surface area contributed by atoms with Gasteiger partial charge in [0.2, 0.25) is 5.95 Å². The second kappa shape index (κ2) is 12.6. The van der Waals surface area contributed by atoms with Crippen LogP contribution in [0.1, 0.15) is 42.6 Å². The Balaban J connectivity index is 1.29. The largest absolute Gasteiger partial charge is 0.377 e. The van der Waals surface area contributed by atoms with Crippen LogP contribution in [0.4, 0.5) is 27.7 Å². The second-order valence-corrected chi connectivity index (χ2v) is 11.6. The number of nitrogens with one attached hydrogen (secondary N) is 2. The molecule has 0 radical (unpaired) electrons. The van der Waals surface area contributed by atoms with E-state index in [1.807, 2.05) is 37.3 Å². The number of hydrogen-bond acceptors (Lipinski definition) is 8. The summed E-state index contributed by atoms with van der Waals surface area (Å²) in [5.41, 5.74) is 1.46. The smallest absolute Gasteiger partial charge is 0.262 e. The molecule has 2 aliphatic rings.